The first kappa shape index (κ1) is 20.1. The SMILES string of the molecule is CC(=O)NC(CS)C(=O)O.NC(CCS)C(O)=[Se]. The Bertz CT molecular complexity index is 292. The molecule has 0 bridgehead atoms. The Balaban J connectivity index is 0. The van der Waals surface area contributed by atoms with Crippen LogP contribution < -0.4 is 11.1 Å². The first-order valence-electron chi connectivity index (χ1n) is 4.96. The van der Waals surface area contributed by atoms with E-state index < -0.39 is 12.0 Å². The molecule has 0 aliphatic rings. The van der Waals surface area contributed by atoms with E-state index in [4.69, 9.17) is 15.9 Å². The second-order valence-corrected chi connectivity index (χ2v) is 4.92. The molecule has 1 amide bonds. The molecule has 0 aliphatic carbocycles. The Morgan fingerprint density at radius 3 is 2.00 bits per heavy atom. The molecule has 0 heterocycles. The molecule has 0 saturated carbocycles. The summed E-state index contributed by atoms with van der Waals surface area (Å²) >= 11 is 10.1. The van der Waals surface area contributed by atoms with Gasteiger partial charge in [-0.3, -0.25) is 4.79 Å². The fourth-order valence-electron chi connectivity index (χ4n) is 0.693. The molecule has 2 unspecified atom stereocenters. The second-order valence-electron chi connectivity index (χ2n) is 3.23. The van der Waals surface area contributed by atoms with Crippen LogP contribution in [0.3, 0.4) is 0 Å². The second kappa shape index (κ2) is 11.9. The van der Waals surface area contributed by atoms with Gasteiger partial charge in [-0.05, 0) is 0 Å². The zero-order chi connectivity index (χ0) is 14.7. The molecule has 9 heteroatoms. The van der Waals surface area contributed by atoms with Gasteiger partial charge in [-0.2, -0.15) is 12.6 Å². The van der Waals surface area contributed by atoms with Gasteiger partial charge in [0.2, 0.25) is 5.91 Å². The van der Waals surface area contributed by atoms with Crippen LogP contribution >= 0.6 is 25.3 Å². The molecule has 0 aromatic carbocycles. The van der Waals surface area contributed by atoms with Crippen LogP contribution in [-0.4, -0.2) is 65.9 Å². The molecule has 18 heavy (non-hydrogen) atoms. The van der Waals surface area contributed by atoms with Gasteiger partial charge < -0.3 is 10.4 Å². The summed E-state index contributed by atoms with van der Waals surface area (Å²) in [6, 6.07) is -1.12. The van der Waals surface area contributed by atoms with E-state index in [0.717, 1.165) is 0 Å². The molecular formula is C9H18N2O4S2Se. The van der Waals surface area contributed by atoms with Crippen molar-refractivity contribution in [2.45, 2.75) is 25.4 Å². The van der Waals surface area contributed by atoms with Crippen LogP contribution in [0.15, 0.2) is 0 Å². The van der Waals surface area contributed by atoms with Crippen molar-refractivity contribution < 1.29 is 19.8 Å². The topological polar surface area (TPSA) is 113 Å². The van der Waals surface area contributed by atoms with Crippen molar-refractivity contribution >= 4 is 57.3 Å². The number of aliphatic carboxylic acids is 1. The number of carbonyl (C=O) groups excluding carboxylic acids is 1. The maximum atomic E-state index is 10.3. The van der Waals surface area contributed by atoms with Gasteiger partial charge in [-0.1, -0.05) is 0 Å². The Labute approximate surface area is 125 Å². The molecule has 106 valence electrons. The van der Waals surface area contributed by atoms with E-state index in [-0.39, 0.29) is 22.3 Å². The predicted molar refractivity (Wildman–Crippen MR) is 78.2 cm³/mol. The van der Waals surface area contributed by atoms with Gasteiger partial charge in [0.1, 0.15) is 6.04 Å². The number of carbonyl (C=O) groups is 2. The summed E-state index contributed by atoms with van der Waals surface area (Å²) in [5, 5.41) is 19.2. The molecule has 0 fully saturated rings. The third-order valence-electron chi connectivity index (χ3n) is 1.62. The standard InChI is InChI=1S/C5H9NO3S.C4H9NOSSe/c1-3(7)6-4(2-10)5(8)9;5-3(1-2-7)4(6)8/h4,10H,2H2,1H3,(H,6,7)(H,8,9);3,7H,1-2,5H2,(H,6,8). The quantitative estimate of drug-likeness (QED) is 0.263. The van der Waals surface area contributed by atoms with Crippen molar-refractivity contribution in [3.8, 4) is 0 Å². The van der Waals surface area contributed by atoms with Gasteiger partial charge >= 0.3 is 67.8 Å². The number of thiol groups is 2. The molecule has 0 spiro atoms. The van der Waals surface area contributed by atoms with Crippen LogP contribution in [0.5, 0.6) is 0 Å². The number of hydrogen-bond acceptors (Lipinski definition) is 6. The number of hydrogen-bond donors (Lipinski definition) is 6. The number of nitrogens with one attached hydrogen (secondary N) is 1. The number of carboxylic acid groups (broad SMARTS) is 1. The van der Waals surface area contributed by atoms with Crippen molar-refractivity contribution in [3.63, 3.8) is 0 Å². The zero-order valence-corrected chi connectivity index (χ0v) is 13.4. The van der Waals surface area contributed by atoms with E-state index in [1.165, 1.54) is 6.92 Å². The van der Waals surface area contributed by atoms with Gasteiger partial charge in [0, 0.05) is 12.7 Å². The normalized spacial score (nSPS) is 12.7. The summed E-state index contributed by atoms with van der Waals surface area (Å²) in [4.78, 5) is 20.5. The van der Waals surface area contributed by atoms with Crippen LogP contribution in [0.25, 0.3) is 0 Å². The maximum absolute atomic E-state index is 10.3. The van der Waals surface area contributed by atoms with E-state index in [1.807, 2.05) is 0 Å². The predicted octanol–water partition coefficient (Wildman–Crippen LogP) is -1.19. The summed E-state index contributed by atoms with van der Waals surface area (Å²) in [6.07, 6.45) is 0.710. The van der Waals surface area contributed by atoms with Crippen LogP contribution in [0, 0.1) is 0 Å². The fraction of sp³-hybridized carbons (Fsp3) is 0.667. The molecule has 0 aliphatic heterocycles. The summed E-state index contributed by atoms with van der Waals surface area (Å²) < 4.78 is 0.166. The number of carboxylic acids is 1. The van der Waals surface area contributed by atoms with E-state index in [2.05, 4.69) is 46.2 Å². The average Bonchev–Trinajstić information content (AvgIpc) is 2.26. The summed E-state index contributed by atoms with van der Waals surface area (Å²) in [6.45, 7) is 1.26. The average molecular weight is 361 g/mol. The molecular weight excluding hydrogens is 343 g/mol. The molecule has 0 aromatic rings. The Kier molecular flexibility index (Phi) is 13.2. The van der Waals surface area contributed by atoms with Crippen LogP contribution in [0.2, 0.25) is 0 Å². The first-order valence-corrected chi connectivity index (χ1v) is 7.08. The van der Waals surface area contributed by atoms with Gasteiger partial charge in [-0.15, -0.1) is 0 Å². The number of amides is 1. The Morgan fingerprint density at radius 2 is 1.89 bits per heavy atom. The minimum absolute atomic E-state index is 0.106. The summed E-state index contributed by atoms with van der Waals surface area (Å²) in [7, 11) is 0. The van der Waals surface area contributed by atoms with E-state index in [1.54, 1.807) is 0 Å². The number of aliphatic hydroxyl groups excluding tert-OH is 1. The summed E-state index contributed by atoms with van der Waals surface area (Å²) in [5.41, 5.74) is 5.36. The summed E-state index contributed by atoms with van der Waals surface area (Å²) in [5.74, 6) is -0.617. The minimum atomic E-state index is -1.06. The molecule has 2 atom stereocenters. The number of nitrogens with two attached hydrogens (primary N) is 1. The molecule has 0 radical (unpaired) electrons. The van der Waals surface area contributed by atoms with E-state index >= 15 is 0 Å². The van der Waals surface area contributed by atoms with Crippen molar-refractivity contribution in [2.75, 3.05) is 11.5 Å². The first-order chi connectivity index (χ1) is 8.26. The molecule has 5 N–H and O–H groups in total. The third kappa shape index (κ3) is 12.3. The fourth-order valence-corrected chi connectivity index (χ4v) is 1.47. The van der Waals surface area contributed by atoms with E-state index in [0.29, 0.717) is 12.2 Å². The molecule has 0 rings (SSSR count). The van der Waals surface area contributed by atoms with E-state index in [9.17, 15) is 9.59 Å². The van der Waals surface area contributed by atoms with Crippen molar-refractivity contribution in [1.29, 1.82) is 0 Å². The molecule has 6 nitrogen and oxygen atoms in total. The van der Waals surface area contributed by atoms with Crippen molar-refractivity contribution in [1.82, 2.24) is 5.32 Å². The van der Waals surface area contributed by atoms with Crippen LogP contribution in [0.4, 0.5) is 0 Å². The molecule has 0 aromatic heterocycles. The van der Waals surface area contributed by atoms with Crippen LogP contribution in [0.1, 0.15) is 13.3 Å². The molecule has 0 saturated heterocycles. The Morgan fingerprint density at radius 1 is 1.39 bits per heavy atom. The van der Waals surface area contributed by atoms with Gasteiger partial charge in [0.15, 0.2) is 0 Å². The van der Waals surface area contributed by atoms with Gasteiger partial charge in [-0.25, -0.2) is 4.79 Å². The van der Waals surface area contributed by atoms with Crippen molar-refractivity contribution in [3.05, 3.63) is 0 Å². The van der Waals surface area contributed by atoms with Gasteiger partial charge in [0.25, 0.3) is 0 Å². The van der Waals surface area contributed by atoms with Gasteiger partial charge in [0.05, 0.1) is 0 Å². The third-order valence-corrected chi connectivity index (χ3v) is 2.87. The van der Waals surface area contributed by atoms with Crippen LogP contribution in [-0.2, 0) is 9.59 Å². The zero-order valence-electron chi connectivity index (χ0n) is 9.87. The van der Waals surface area contributed by atoms with Crippen molar-refractivity contribution in [2.24, 2.45) is 5.73 Å². The number of aliphatic hydroxyl groups is 1. The Hall–Kier alpha value is -0.211. The number of rotatable bonds is 6. The monoisotopic (exact) mass is 362 g/mol.